The van der Waals surface area contributed by atoms with E-state index in [2.05, 4.69) is 15.9 Å². The number of carbonyl (C=O) groups is 2. The van der Waals surface area contributed by atoms with Crippen LogP contribution in [0.2, 0.25) is 0 Å². The van der Waals surface area contributed by atoms with Crippen molar-refractivity contribution in [2.45, 2.75) is 13.3 Å². The first-order chi connectivity index (χ1) is 8.30. The van der Waals surface area contributed by atoms with Gasteiger partial charge in [0.15, 0.2) is 11.2 Å². The number of hydrogen-bond acceptors (Lipinski definition) is 2. The molecule has 0 fully saturated rings. The van der Waals surface area contributed by atoms with Gasteiger partial charge in [0.1, 0.15) is 0 Å². The summed E-state index contributed by atoms with van der Waals surface area (Å²) < 4.78 is 26.8. The first-order valence-electron chi connectivity index (χ1n) is 5.20. The highest BCUT2D eigenvalue weighted by atomic mass is 79.9. The molecule has 1 aromatic rings. The van der Waals surface area contributed by atoms with Gasteiger partial charge in [0, 0.05) is 17.1 Å². The number of fused-ring (bicyclic) bond motifs is 1. The first-order valence-corrected chi connectivity index (χ1v) is 6.00. The summed E-state index contributed by atoms with van der Waals surface area (Å²) in [6.45, 7) is 0.990. The second-order valence-corrected chi connectivity index (χ2v) is 5.27. The lowest BCUT2D eigenvalue weighted by Crippen LogP contribution is -2.53. The molecule has 0 aromatic heterocycles. The number of Topliss-reactive ketones (excluding diaryl/α,β-unsaturated/α-hetero) is 1. The summed E-state index contributed by atoms with van der Waals surface area (Å²) in [6, 6.07) is 4.60. The van der Waals surface area contributed by atoms with Crippen molar-refractivity contribution in [2.75, 3.05) is 11.9 Å². The largest absolute Gasteiger partial charge is 0.314 e. The van der Waals surface area contributed by atoms with Crippen LogP contribution in [0.3, 0.4) is 0 Å². The Morgan fingerprint density at radius 1 is 1.33 bits per heavy atom. The first kappa shape index (κ1) is 13.1. The van der Waals surface area contributed by atoms with E-state index in [-0.39, 0.29) is 5.56 Å². The fourth-order valence-electron chi connectivity index (χ4n) is 2.00. The van der Waals surface area contributed by atoms with Crippen molar-refractivity contribution in [3.63, 3.8) is 0 Å². The van der Waals surface area contributed by atoms with Gasteiger partial charge in [-0.25, -0.2) is 8.78 Å². The van der Waals surface area contributed by atoms with Crippen LogP contribution in [-0.2, 0) is 4.79 Å². The van der Waals surface area contributed by atoms with Crippen molar-refractivity contribution < 1.29 is 18.4 Å². The molecule has 0 bridgehead atoms. The van der Waals surface area contributed by atoms with Crippen LogP contribution in [0.25, 0.3) is 0 Å². The van der Waals surface area contributed by atoms with E-state index in [1.54, 1.807) is 12.1 Å². The Labute approximate surface area is 111 Å². The van der Waals surface area contributed by atoms with E-state index >= 15 is 0 Å². The van der Waals surface area contributed by atoms with Crippen LogP contribution < -0.4 is 4.90 Å². The average Bonchev–Trinajstić information content (AvgIpc) is 2.33. The van der Waals surface area contributed by atoms with E-state index < -0.39 is 23.5 Å². The Balaban J connectivity index is 2.68. The number of halogens is 3. The zero-order valence-electron chi connectivity index (χ0n) is 9.71. The summed E-state index contributed by atoms with van der Waals surface area (Å²) in [5.41, 5.74) is -1.81. The maximum Gasteiger partial charge on any atom is 0.260 e. The van der Waals surface area contributed by atoms with Gasteiger partial charge in [0.2, 0.25) is 5.91 Å². The molecule has 1 heterocycles. The van der Waals surface area contributed by atoms with Crippen molar-refractivity contribution in [3.05, 3.63) is 28.2 Å². The van der Waals surface area contributed by atoms with E-state index in [1.807, 2.05) is 0 Å². The van der Waals surface area contributed by atoms with Gasteiger partial charge in [0.05, 0.1) is 5.69 Å². The zero-order chi connectivity index (χ0) is 13.7. The minimum atomic E-state index is -3.03. The summed E-state index contributed by atoms with van der Waals surface area (Å²) in [4.78, 5) is 25.2. The standard InChI is InChI=1S/C12H10BrF2NO2/c1-12(10(14)15)9(17)7-4-3-6(13)5-8(7)16(2)11(12)18/h3-5,10H,1-2H3. The topological polar surface area (TPSA) is 37.4 Å². The fourth-order valence-corrected chi connectivity index (χ4v) is 2.35. The monoisotopic (exact) mass is 317 g/mol. The predicted octanol–water partition coefficient (Wildman–Crippen LogP) is 2.88. The minimum absolute atomic E-state index is 0.142. The molecular formula is C12H10BrF2NO2. The molecule has 0 saturated carbocycles. The highest BCUT2D eigenvalue weighted by molar-refractivity contribution is 9.10. The van der Waals surface area contributed by atoms with Gasteiger partial charge < -0.3 is 4.90 Å². The number of benzene rings is 1. The molecule has 0 saturated heterocycles. The molecule has 6 heteroatoms. The maximum atomic E-state index is 13.1. The second-order valence-electron chi connectivity index (χ2n) is 4.36. The number of carbonyl (C=O) groups excluding carboxylic acids is 2. The Morgan fingerprint density at radius 2 is 1.94 bits per heavy atom. The van der Waals surface area contributed by atoms with Crippen molar-refractivity contribution in [3.8, 4) is 0 Å². The molecule has 3 nitrogen and oxygen atoms in total. The molecule has 1 aliphatic rings. The normalized spacial score (nSPS) is 23.6. The van der Waals surface area contributed by atoms with E-state index in [9.17, 15) is 18.4 Å². The SMILES string of the molecule is CN1C(=O)C(C)(C(F)F)C(=O)c2ccc(Br)cc21. The Morgan fingerprint density at radius 3 is 2.50 bits per heavy atom. The van der Waals surface area contributed by atoms with Gasteiger partial charge >= 0.3 is 0 Å². The summed E-state index contributed by atoms with van der Waals surface area (Å²) in [6.07, 6.45) is -3.03. The Bertz CT molecular complexity index is 547. The van der Waals surface area contributed by atoms with Crippen molar-refractivity contribution in [1.82, 2.24) is 0 Å². The van der Waals surface area contributed by atoms with Gasteiger partial charge in [0.25, 0.3) is 6.43 Å². The lowest BCUT2D eigenvalue weighted by Gasteiger charge is -2.36. The van der Waals surface area contributed by atoms with Gasteiger partial charge in [-0.1, -0.05) is 15.9 Å². The molecule has 0 spiro atoms. The third-order valence-electron chi connectivity index (χ3n) is 3.22. The molecule has 1 unspecified atom stereocenters. The van der Waals surface area contributed by atoms with Crippen molar-refractivity contribution >= 4 is 33.3 Å². The molecule has 0 N–H and O–H groups in total. The molecule has 96 valence electrons. The number of alkyl halides is 2. The maximum absolute atomic E-state index is 13.1. The smallest absolute Gasteiger partial charge is 0.260 e. The number of nitrogens with zero attached hydrogens (tertiary/aromatic N) is 1. The molecule has 0 aliphatic carbocycles. The van der Waals surface area contributed by atoms with Crippen LogP contribution in [0.4, 0.5) is 14.5 Å². The summed E-state index contributed by atoms with van der Waals surface area (Å²) >= 11 is 3.22. The Hall–Kier alpha value is -1.30. The quantitative estimate of drug-likeness (QED) is 0.747. The number of rotatable bonds is 1. The van der Waals surface area contributed by atoms with E-state index in [1.165, 1.54) is 13.1 Å². The van der Waals surface area contributed by atoms with Crippen LogP contribution in [0.15, 0.2) is 22.7 Å². The third kappa shape index (κ3) is 1.59. The van der Waals surface area contributed by atoms with Crippen LogP contribution in [0.5, 0.6) is 0 Å². The zero-order valence-corrected chi connectivity index (χ0v) is 11.3. The van der Waals surface area contributed by atoms with Crippen LogP contribution in [0.1, 0.15) is 17.3 Å². The van der Waals surface area contributed by atoms with Crippen molar-refractivity contribution in [2.24, 2.45) is 5.41 Å². The summed E-state index contributed by atoms with van der Waals surface area (Å²) in [7, 11) is 1.39. The average molecular weight is 318 g/mol. The minimum Gasteiger partial charge on any atom is -0.314 e. The third-order valence-corrected chi connectivity index (χ3v) is 3.72. The molecule has 1 aliphatic heterocycles. The highest BCUT2D eigenvalue weighted by Crippen LogP contribution is 2.41. The molecule has 1 amide bonds. The summed E-state index contributed by atoms with van der Waals surface area (Å²) in [5, 5.41) is 0. The van der Waals surface area contributed by atoms with Gasteiger partial charge in [-0.2, -0.15) is 0 Å². The predicted molar refractivity (Wildman–Crippen MR) is 66.0 cm³/mol. The molecular weight excluding hydrogens is 308 g/mol. The lowest BCUT2D eigenvalue weighted by atomic mass is 9.77. The number of hydrogen-bond donors (Lipinski definition) is 0. The van der Waals surface area contributed by atoms with E-state index in [0.29, 0.717) is 10.2 Å². The van der Waals surface area contributed by atoms with Crippen LogP contribution in [0, 0.1) is 5.41 Å². The number of amides is 1. The number of ketones is 1. The second kappa shape index (κ2) is 4.12. The molecule has 1 aromatic carbocycles. The van der Waals surface area contributed by atoms with Gasteiger partial charge in [-0.3, -0.25) is 9.59 Å². The highest BCUT2D eigenvalue weighted by Gasteiger charge is 2.54. The van der Waals surface area contributed by atoms with Crippen molar-refractivity contribution in [1.29, 1.82) is 0 Å². The Kier molecular flexibility index (Phi) is 3.01. The van der Waals surface area contributed by atoms with E-state index in [4.69, 9.17) is 0 Å². The number of anilines is 1. The molecule has 18 heavy (non-hydrogen) atoms. The molecule has 0 radical (unpaired) electrons. The summed E-state index contributed by atoms with van der Waals surface area (Å²) in [5.74, 6) is -1.71. The fraction of sp³-hybridized carbons (Fsp3) is 0.333. The van der Waals surface area contributed by atoms with Crippen LogP contribution in [-0.4, -0.2) is 25.2 Å². The lowest BCUT2D eigenvalue weighted by molar-refractivity contribution is -0.132. The molecule has 1 atom stereocenters. The van der Waals surface area contributed by atoms with Crippen LogP contribution >= 0.6 is 15.9 Å². The molecule has 2 rings (SSSR count). The van der Waals surface area contributed by atoms with Gasteiger partial charge in [-0.05, 0) is 25.1 Å². The van der Waals surface area contributed by atoms with Gasteiger partial charge in [-0.15, -0.1) is 0 Å². The van der Waals surface area contributed by atoms with E-state index in [0.717, 1.165) is 11.8 Å².